The molecule has 0 aromatic heterocycles. The van der Waals surface area contributed by atoms with Crippen LogP contribution in [0.5, 0.6) is 5.75 Å². The first kappa shape index (κ1) is 17.7. The van der Waals surface area contributed by atoms with E-state index in [4.69, 9.17) is 4.74 Å². The lowest BCUT2D eigenvalue weighted by molar-refractivity contribution is -0.121. The topological polar surface area (TPSA) is 75.7 Å². The summed E-state index contributed by atoms with van der Waals surface area (Å²) in [5, 5.41) is 2.78. The van der Waals surface area contributed by atoms with Crippen molar-refractivity contribution in [2.24, 2.45) is 5.92 Å². The minimum atomic E-state index is -0.909. The molecular weight excluding hydrogens is 332 g/mol. The number of benzene rings is 2. The van der Waals surface area contributed by atoms with Crippen LogP contribution in [0.25, 0.3) is 0 Å². The highest BCUT2D eigenvalue weighted by molar-refractivity contribution is 6.23. The number of ether oxygens (including phenoxy) is 1. The van der Waals surface area contributed by atoms with Crippen molar-refractivity contribution < 1.29 is 19.1 Å². The summed E-state index contributed by atoms with van der Waals surface area (Å²) in [6.45, 7) is 3.61. The molecule has 1 aliphatic heterocycles. The van der Waals surface area contributed by atoms with Crippen molar-refractivity contribution in [2.75, 3.05) is 12.4 Å². The molecule has 0 unspecified atom stereocenters. The van der Waals surface area contributed by atoms with Crippen molar-refractivity contribution in [3.05, 3.63) is 59.7 Å². The summed E-state index contributed by atoms with van der Waals surface area (Å²) in [6.07, 6.45) is 0. The summed E-state index contributed by atoms with van der Waals surface area (Å²) in [6, 6.07) is 12.6. The molecule has 2 aromatic carbocycles. The number of carbonyl (C=O) groups excluding carboxylic acids is 3. The molecule has 1 atom stereocenters. The molecule has 1 N–H and O–H groups in total. The number of methoxy groups -OCH3 is 1. The maximum atomic E-state index is 12.9. The molecule has 0 radical (unpaired) electrons. The molecule has 0 fully saturated rings. The number of rotatable bonds is 5. The number of hydrogen-bond acceptors (Lipinski definition) is 4. The van der Waals surface area contributed by atoms with Gasteiger partial charge in [-0.1, -0.05) is 32.0 Å². The highest BCUT2D eigenvalue weighted by atomic mass is 16.5. The van der Waals surface area contributed by atoms with Gasteiger partial charge in [-0.2, -0.15) is 0 Å². The summed E-state index contributed by atoms with van der Waals surface area (Å²) < 4.78 is 5.15. The van der Waals surface area contributed by atoms with Gasteiger partial charge in [0.05, 0.1) is 18.2 Å². The molecule has 6 nitrogen and oxygen atoms in total. The van der Waals surface area contributed by atoms with Crippen molar-refractivity contribution in [3.8, 4) is 5.75 Å². The maximum absolute atomic E-state index is 12.9. The van der Waals surface area contributed by atoms with Crippen molar-refractivity contribution in [1.29, 1.82) is 0 Å². The lowest BCUT2D eigenvalue weighted by atomic mass is 10.0. The van der Waals surface area contributed by atoms with E-state index < -0.39 is 23.8 Å². The smallest absolute Gasteiger partial charge is 0.262 e. The Morgan fingerprint density at radius 3 is 2.15 bits per heavy atom. The van der Waals surface area contributed by atoms with Crippen LogP contribution in [0.3, 0.4) is 0 Å². The Balaban J connectivity index is 1.89. The molecular formula is C20H20N2O4. The molecule has 0 spiro atoms. The average Bonchev–Trinajstić information content (AvgIpc) is 2.87. The summed E-state index contributed by atoms with van der Waals surface area (Å²) in [5.41, 5.74) is 1.20. The van der Waals surface area contributed by atoms with Gasteiger partial charge in [0.15, 0.2) is 0 Å². The van der Waals surface area contributed by atoms with Gasteiger partial charge in [0.25, 0.3) is 11.8 Å². The van der Waals surface area contributed by atoms with Crippen molar-refractivity contribution in [3.63, 3.8) is 0 Å². The molecule has 3 rings (SSSR count). The van der Waals surface area contributed by atoms with Gasteiger partial charge < -0.3 is 10.1 Å². The molecule has 26 heavy (non-hydrogen) atoms. The largest absolute Gasteiger partial charge is 0.497 e. The van der Waals surface area contributed by atoms with E-state index in [1.807, 2.05) is 0 Å². The number of carbonyl (C=O) groups is 3. The SMILES string of the molecule is COc1cccc(NC(=O)[C@H](C(C)C)N2C(=O)c3ccccc3C2=O)c1. The second-order valence-corrected chi connectivity index (χ2v) is 6.44. The first-order chi connectivity index (χ1) is 12.4. The third kappa shape index (κ3) is 3.06. The van der Waals surface area contributed by atoms with E-state index in [1.165, 1.54) is 7.11 Å². The van der Waals surface area contributed by atoms with Gasteiger partial charge in [0.1, 0.15) is 11.8 Å². The fourth-order valence-corrected chi connectivity index (χ4v) is 3.10. The zero-order valence-electron chi connectivity index (χ0n) is 14.9. The quantitative estimate of drug-likeness (QED) is 0.840. The fraction of sp³-hybridized carbons (Fsp3) is 0.250. The van der Waals surface area contributed by atoms with Gasteiger partial charge in [-0.25, -0.2) is 0 Å². The highest BCUT2D eigenvalue weighted by Gasteiger charge is 2.43. The van der Waals surface area contributed by atoms with Crippen LogP contribution in [0.1, 0.15) is 34.6 Å². The summed E-state index contributed by atoms with van der Waals surface area (Å²) >= 11 is 0. The van der Waals surface area contributed by atoms with Crippen LogP contribution < -0.4 is 10.1 Å². The van der Waals surface area contributed by atoms with Crippen molar-refractivity contribution in [2.45, 2.75) is 19.9 Å². The van der Waals surface area contributed by atoms with Gasteiger partial charge in [0, 0.05) is 11.8 Å². The number of fused-ring (bicyclic) bond motifs is 1. The van der Waals surface area contributed by atoms with Gasteiger partial charge in [-0.15, -0.1) is 0 Å². The fourth-order valence-electron chi connectivity index (χ4n) is 3.10. The van der Waals surface area contributed by atoms with Gasteiger partial charge in [0.2, 0.25) is 5.91 Å². The lowest BCUT2D eigenvalue weighted by Crippen LogP contribution is -2.50. The monoisotopic (exact) mass is 352 g/mol. The molecule has 2 aromatic rings. The van der Waals surface area contributed by atoms with Crippen molar-refractivity contribution >= 4 is 23.4 Å². The van der Waals surface area contributed by atoms with Crippen LogP contribution in [0.15, 0.2) is 48.5 Å². The minimum Gasteiger partial charge on any atom is -0.497 e. The first-order valence-corrected chi connectivity index (χ1v) is 8.36. The molecule has 0 bridgehead atoms. The molecule has 6 heteroatoms. The first-order valence-electron chi connectivity index (χ1n) is 8.36. The van der Waals surface area contributed by atoms with E-state index in [0.717, 1.165) is 4.90 Å². The number of nitrogens with one attached hydrogen (secondary N) is 1. The van der Waals surface area contributed by atoms with E-state index in [0.29, 0.717) is 22.6 Å². The summed E-state index contributed by atoms with van der Waals surface area (Å²) in [7, 11) is 1.54. The van der Waals surface area contributed by atoms with E-state index >= 15 is 0 Å². The summed E-state index contributed by atoms with van der Waals surface area (Å²) in [5.74, 6) is -0.939. The Bertz CT molecular complexity index is 841. The van der Waals surface area contributed by atoms with E-state index in [9.17, 15) is 14.4 Å². The third-order valence-electron chi connectivity index (χ3n) is 4.34. The van der Waals surface area contributed by atoms with Crippen LogP contribution in [0.2, 0.25) is 0 Å². The zero-order chi connectivity index (χ0) is 18.8. The van der Waals surface area contributed by atoms with Crippen LogP contribution in [-0.2, 0) is 4.79 Å². The predicted molar refractivity (Wildman–Crippen MR) is 97.2 cm³/mol. The Labute approximate surface area is 151 Å². The normalized spacial score (nSPS) is 14.4. The van der Waals surface area contributed by atoms with Crippen LogP contribution >= 0.6 is 0 Å². The molecule has 1 aliphatic rings. The molecule has 3 amide bonds. The van der Waals surface area contributed by atoms with Crippen LogP contribution in [-0.4, -0.2) is 35.8 Å². The molecule has 134 valence electrons. The second kappa shape index (κ2) is 7.00. The number of hydrogen-bond donors (Lipinski definition) is 1. The van der Waals surface area contributed by atoms with Crippen molar-refractivity contribution in [1.82, 2.24) is 4.90 Å². The highest BCUT2D eigenvalue weighted by Crippen LogP contribution is 2.28. The van der Waals surface area contributed by atoms with Crippen LogP contribution in [0, 0.1) is 5.92 Å². The molecule has 1 heterocycles. The Morgan fingerprint density at radius 2 is 1.62 bits per heavy atom. The number of anilines is 1. The predicted octanol–water partition coefficient (Wildman–Crippen LogP) is 2.95. The number of imide groups is 1. The van der Waals surface area contributed by atoms with Crippen LogP contribution in [0.4, 0.5) is 5.69 Å². The average molecular weight is 352 g/mol. The number of nitrogens with zero attached hydrogens (tertiary/aromatic N) is 1. The second-order valence-electron chi connectivity index (χ2n) is 6.44. The van der Waals surface area contributed by atoms with Gasteiger partial charge >= 0.3 is 0 Å². The summed E-state index contributed by atoms with van der Waals surface area (Å²) in [4.78, 5) is 39.4. The molecule has 0 saturated heterocycles. The minimum absolute atomic E-state index is 0.247. The molecule has 0 saturated carbocycles. The van der Waals surface area contributed by atoms with Gasteiger partial charge in [-0.05, 0) is 30.2 Å². The molecule has 0 aliphatic carbocycles. The third-order valence-corrected chi connectivity index (χ3v) is 4.34. The van der Waals surface area contributed by atoms with Gasteiger partial charge in [-0.3, -0.25) is 19.3 Å². The van der Waals surface area contributed by atoms with E-state index in [-0.39, 0.29) is 5.92 Å². The zero-order valence-corrected chi connectivity index (χ0v) is 14.9. The Kier molecular flexibility index (Phi) is 4.75. The standard InChI is InChI=1S/C20H20N2O4/c1-12(2)17(18(23)21-13-7-6-8-14(11-13)26-3)22-19(24)15-9-4-5-10-16(15)20(22)25/h4-12,17H,1-3H3,(H,21,23)/t17-/m0/s1. The van der Waals surface area contributed by atoms with E-state index in [2.05, 4.69) is 5.32 Å². The van der Waals surface area contributed by atoms with E-state index in [1.54, 1.807) is 62.4 Å². The Hall–Kier alpha value is -3.15. The maximum Gasteiger partial charge on any atom is 0.262 e. The lowest BCUT2D eigenvalue weighted by Gasteiger charge is -2.28. The Morgan fingerprint density at radius 1 is 1.00 bits per heavy atom. The number of amides is 3.